The first-order valence-corrected chi connectivity index (χ1v) is 10.2. The Morgan fingerprint density at radius 1 is 1.04 bits per heavy atom. The predicted octanol–water partition coefficient (Wildman–Crippen LogP) is 2.54. The largest absolute Gasteiger partial charge is 0.341 e. The first-order chi connectivity index (χ1) is 12.2. The zero-order chi connectivity index (χ0) is 17.5. The van der Waals surface area contributed by atoms with Gasteiger partial charge in [-0.25, -0.2) is 0 Å². The summed E-state index contributed by atoms with van der Waals surface area (Å²) in [6.45, 7) is 2.68. The molecule has 0 saturated carbocycles. The van der Waals surface area contributed by atoms with Crippen LogP contribution in [-0.4, -0.2) is 58.5 Å². The second-order valence-corrected chi connectivity index (χ2v) is 7.72. The summed E-state index contributed by atoms with van der Waals surface area (Å²) in [4.78, 5) is 33.7. The first kappa shape index (κ1) is 17.9. The number of carbonyl (C=O) groups is 2. The molecule has 2 amide bonds. The van der Waals surface area contributed by atoms with E-state index < -0.39 is 0 Å². The summed E-state index contributed by atoms with van der Waals surface area (Å²) in [5.74, 6) is 0.708. The van der Waals surface area contributed by atoms with E-state index in [0.29, 0.717) is 25.3 Å². The fraction of sp³-hybridized carbons (Fsp3) is 0.389. The molecule has 3 heterocycles. The van der Waals surface area contributed by atoms with Crippen molar-refractivity contribution in [1.29, 1.82) is 0 Å². The molecule has 0 bridgehead atoms. The number of aromatic nitrogens is 1. The molecule has 25 heavy (non-hydrogen) atoms. The van der Waals surface area contributed by atoms with E-state index in [-0.39, 0.29) is 11.8 Å². The van der Waals surface area contributed by atoms with Crippen molar-refractivity contribution >= 4 is 34.9 Å². The molecule has 5 nitrogen and oxygen atoms in total. The predicted molar refractivity (Wildman–Crippen MR) is 101 cm³/mol. The summed E-state index contributed by atoms with van der Waals surface area (Å²) in [6, 6.07) is 5.81. The Bertz CT molecular complexity index is 692. The number of pyridine rings is 1. The fourth-order valence-corrected chi connectivity index (χ4v) is 4.22. The Morgan fingerprint density at radius 3 is 2.44 bits per heavy atom. The summed E-state index contributed by atoms with van der Waals surface area (Å²) in [7, 11) is 0. The van der Waals surface area contributed by atoms with Crippen LogP contribution in [0.15, 0.2) is 46.2 Å². The number of carbonyl (C=O) groups excluding carboxylic acids is 2. The second kappa shape index (κ2) is 9.01. The molecule has 0 unspecified atom stereocenters. The fourth-order valence-electron chi connectivity index (χ4n) is 2.77. The highest BCUT2D eigenvalue weighted by Crippen LogP contribution is 2.17. The molecule has 1 saturated heterocycles. The van der Waals surface area contributed by atoms with Gasteiger partial charge in [0, 0.05) is 43.5 Å². The third-order valence-electron chi connectivity index (χ3n) is 4.15. The average Bonchev–Trinajstić information content (AvgIpc) is 3.01. The van der Waals surface area contributed by atoms with Gasteiger partial charge in [0.2, 0.25) is 11.8 Å². The van der Waals surface area contributed by atoms with E-state index in [4.69, 9.17) is 0 Å². The normalized spacial score (nSPS) is 15.0. The summed E-state index contributed by atoms with van der Waals surface area (Å²) in [6.07, 6.45) is 4.75. The Morgan fingerprint density at radius 2 is 1.76 bits per heavy atom. The first-order valence-electron chi connectivity index (χ1n) is 8.32. The second-order valence-electron chi connectivity index (χ2n) is 5.90. The zero-order valence-electron chi connectivity index (χ0n) is 14.0. The Hall–Kier alpha value is -1.86. The number of nitrogens with zero attached hydrogens (tertiary/aromatic N) is 3. The number of rotatable bonds is 5. The van der Waals surface area contributed by atoms with Crippen LogP contribution in [0.1, 0.15) is 12.0 Å². The van der Waals surface area contributed by atoms with Gasteiger partial charge >= 0.3 is 0 Å². The molecule has 0 spiro atoms. The van der Waals surface area contributed by atoms with Crippen molar-refractivity contribution in [3.63, 3.8) is 0 Å². The van der Waals surface area contributed by atoms with Crippen molar-refractivity contribution in [3.05, 3.63) is 46.9 Å². The van der Waals surface area contributed by atoms with Gasteiger partial charge in [-0.05, 0) is 40.9 Å². The molecule has 0 atom stereocenters. The number of hydrogen-bond acceptors (Lipinski definition) is 5. The van der Waals surface area contributed by atoms with Crippen LogP contribution in [0.3, 0.4) is 0 Å². The molecule has 1 fully saturated rings. The minimum Gasteiger partial charge on any atom is -0.341 e. The molecule has 0 N–H and O–H groups in total. The number of thiophene rings is 1. The molecule has 0 radical (unpaired) electrons. The van der Waals surface area contributed by atoms with Crippen molar-refractivity contribution in [2.24, 2.45) is 0 Å². The van der Waals surface area contributed by atoms with E-state index in [1.165, 1.54) is 11.8 Å². The van der Waals surface area contributed by atoms with Gasteiger partial charge in [0.25, 0.3) is 0 Å². The highest BCUT2D eigenvalue weighted by atomic mass is 32.2. The average molecular weight is 376 g/mol. The van der Waals surface area contributed by atoms with Crippen LogP contribution in [-0.2, 0) is 16.0 Å². The van der Waals surface area contributed by atoms with Crippen LogP contribution in [0.5, 0.6) is 0 Å². The van der Waals surface area contributed by atoms with Gasteiger partial charge in [0.05, 0.1) is 12.2 Å². The van der Waals surface area contributed by atoms with E-state index in [1.807, 2.05) is 38.8 Å². The Balaban J connectivity index is 1.47. The highest BCUT2D eigenvalue weighted by Gasteiger charge is 2.22. The molecule has 1 aliphatic heterocycles. The third-order valence-corrected chi connectivity index (χ3v) is 5.88. The van der Waals surface area contributed by atoms with Gasteiger partial charge in [-0.3, -0.25) is 14.6 Å². The van der Waals surface area contributed by atoms with Crippen molar-refractivity contribution in [2.45, 2.75) is 17.7 Å². The van der Waals surface area contributed by atoms with Crippen molar-refractivity contribution in [1.82, 2.24) is 14.8 Å². The SMILES string of the molecule is O=C(CSc1ccncc1)N1CCCN(C(=O)Cc2ccsc2)CC1. The minimum absolute atomic E-state index is 0.133. The van der Waals surface area contributed by atoms with Crippen LogP contribution >= 0.6 is 23.1 Å². The standard InChI is InChI=1S/C18H21N3O2S2/c22-17(12-15-4-11-24-13-15)20-7-1-8-21(10-9-20)18(23)14-25-16-2-5-19-6-3-16/h2-6,11,13H,1,7-10,12,14H2. The summed E-state index contributed by atoms with van der Waals surface area (Å²) in [5, 5.41) is 4.01. The third kappa shape index (κ3) is 5.31. The van der Waals surface area contributed by atoms with Gasteiger partial charge in [0.1, 0.15) is 0 Å². The molecule has 2 aromatic heterocycles. The van der Waals surface area contributed by atoms with Crippen LogP contribution in [0, 0.1) is 0 Å². The molecular formula is C18H21N3O2S2. The topological polar surface area (TPSA) is 53.5 Å². The van der Waals surface area contributed by atoms with E-state index in [9.17, 15) is 9.59 Å². The molecule has 2 aromatic rings. The lowest BCUT2D eigenvalue weighted by atomic mass is 10.2. The Labute approximate surface area is 156 Å². The van der Waals surface area contributed by atoms with E-state index in [2.05, 4.69) is 4.98 Å². The minimum atomic E-state index is 0.133. The highest BCUT2D eigenvalue weighted by molar-refractivity contribution is 8.00. The lowest BCUT2D eigenvalue weighted by Crippen LogP contribution is -2.38. The van der Waals surface area contributed by atoms with E-state index >= 15 is 0 Å². The van der Waals surface area contributed by atoms with E-state index in [0.717, 1.165) is 30.0 Å². The lowest BCUT2D eigenvalue weighted by Gasteiger charge is -2.22. The van der Waals surface area contributed by atoms with Gasteiger partial charge in [-0.2, -0.15) is 11.3 Å². The maximum Gasteiger partial charge on any atom is 0.232 e. The van der Waals surface area contributed by atoms with Crippen molar-refractivity contribution < 1.29 is 9.59 Å². The number of thioether (sulfide) groups is 1. The molecule has 132 valence electrons. The monoisotopic (exact) mass is 375 g/mol. The number of hydrogen-bond donors (Lipinski definition) is 0. The Kier molecular flexibility index (Phi) is 6.47. The van der Waals surface area contributed by atoms with Crippen LogP contribution in [0.25, 0.3) is 0 Å². The molecule has 7 heteroatoms. The summed E-state index contributed by atoms with van der Waals surface area (Å²) in [5.41, 5.74) is 1.07. The number of amides is 2. The van der Waals surface area contributed by atoms with Crippen LogP contribution in [0.4, 0.5) is 0 Å². The molecule has 3 rings (SSSR count). The summed E-state index contributed by atoms with van der Waals surface area (Å²) < 4.78 is 0. The summed E-state index contributed by atoms with van der Waals surface area (Å²) >= 11 is 3.14. The van der Waals surface area contributed by atoms with Gasteiger partial charge in [-0.15, -0.1) is 11.8 Å². The molecule has 0 aromatic carbocycles. The van der Waals surface area contributed by atoms with Crippen molar-refractivity contribution in [2.75, 3.05) is 31.9 Å². The maximum absolute atomic E-state index is 12.4. The maximum atomic E-state index is 12.4. The van der Waals surface area contributed by atoms with Crippen LogP contribution < -0.4 is 0 Å². The molecule has 1 aliphatic rings. The van der Waals surface area contributed by atoms with Gasteiger partial charge < -0.3 is 9.80 Å². The quantitative estimate of drug-likeness (QED) is 0.754. The van der Waals surface area contributed by atoms with Crippen LogP contribution in [0.2, 0.25) is 0 Å². The van der Waals surface area contributed by atoms with Gasteiger partial charge in [-0.1, -0.05) is 0 Å². The lowest BCUT2D eigenvalue weighted by molar-refractivity contribution is -0.132. The smallest absolute Gasteiger partial charge is 0.232 e. The van der Waals surface area contributed by atoms with Crippen molar-refractivity contribution in [3.8, 4) is 0 Å². The molecular weight excluding hydrogens is 354 g/mol. The van der Waals surface area contributed by atoms with Gasteiger partial charge in [0.15, 0.2) is 0 Å². The zero-order valence-corrected chi connectivity index (χ0v) is 15.6. The molecule has 0 aliphatic carbocycles. The van der Waals surface area contributed by atoms with E-state index in [1.54, 1.807) is 23.7 Å².